The molecule has 0 saturated heterocycles. The molecule has 0 fully saturated rings. The van der Waals surface area contributed by atoms with Gasteiger partial charge < -0.3 is 10.6 Å². The fourth-order valence-electron chi connectivity index (χ4n) is 2.11. The molecule has 0 aliphatic heterocycles. The van der Waals surface area contributed by atoms with E-state index in [2.05, 4.69) is 15.7 Å². The molecule has 0 spiro atoms. The van der Waals surface area contributed by atoms with Gasteiger partial charge in [0.15, 0.2) is 5.11 Å². The molecule has 1 unspecified atom stereocenters. The summed E-state index contributed by atoms with van der Waals surface area (Å²) in [5.74, 6) is 0. The van der Waals surface area contributed by atoms with Gasteiger partial charge in [0.25, 0.3) is 0 Å². The van der Waals surface area contributed by atoms with Gasteiger partial charge in [-0.25, -0.2) is 13.6 Å². The second-order valence-corrected chi connectivity index (χ2v) is 7.17. The van der Waals surface area contributed by atoms with Crippen molar-refractivity contribution in [3.05, 3.63) is 41.7 Å². The Morgan fingerprint density at radius 1 is 1.35 bits per heavy atom. The zero-order valence-electron chi connectivity index (χ0n) is 13.1. The van der Waals surface area contributed by atoms with Crippen LogP contribution >= 0.6 is 12.2 Å². The minimum atomic E-state index is -3.69. The number of sulfonamides is 1. The molecule has 4 N–H and O–H groups in total. The lowest BCUT2D eigenvalue weighted by atomic mass is 10.1. The van der Waals surface area contributed by atoms with E-state index in [-0.39, 0.29) is 10.9 Å². The molecule has 2 aromatic rings. The van der Waals surface area contributed by atoms with Gasteiger partial charge in [0.1, 0.15) is 0 Å². The summed E-state index contributed by atoms with van der Waals surface area (Å²) in [6, 6.07) is 6.05. The predicted molar refractivity (Wildman–Crippen MR) is 93.5 cm³/mol. The van der Waals surface area contributed by atoms with Crippen LogP contribution in [0.2, 0.25) is 0 Å². The van der Waals surface area contributed by atoms with Crippen molar-refractivity contribution in [2.24, 2.45) is 12.2 Å². The topological polar surface area (TPSA) is 102 Å². The van der Waals surface area contributed by atoms with Crippen molar-refractivity contribution in [1.82, 2.24) is 15.1 Å². The van der Waals surface area contributed by atoms with Crippen LogP contribution in [0, 0.1) is 6.92 Å². The highest BCUT2D eigenvalue weighted by atomic mass is 32.2. The number of benzene rings is 1. The molecule has 1 heterocycles. The Hall–Kier alpha value is -1.97. The number of nitrogens with two attached hydrogens (primary N) is 1. The van der Waals surface area contributed by atoms with Crippen molar-refractivity contribution >= 4 is 33.0 Å². The Bertz CT molecular complexity index is 812. The van der Waals surface area contributed by atoms with Crippen LogP contribution < -0.4 is 15.8 Å². The number of hydrogen-bond acceptors (Lipinski definition) is 4. The molecule has 1 aromatic carbocycles. The quantitative estimate of drug-likeness (QED) is 0.719. The van der Waals surface area contributed by atoms with Crippen LogP contribution in [0.4, 0.5) is 5.69 Å². The average molecular weight is 353 g/mol. The Labute approximate surface area is 140 Å². The zero-order chi connectivity index (χ0) is 17.2. The number of rotatable bonds is 4. The molecule has 0 saturated carbocycles. The molecule has 0 amide bonds. The first kappa shape index (κ1) is 17.4. The summed E-state index contributed by atoms with van der Waals surface area (Å²) in [4.78, 5) is 0.0567. The number of thiocarbonyl (C=S) groups is 1. The molecule has 1 atom stereocenters. The maximum absolute atomic E-state index is 11.2. The summed E-state index contributed by atoms with van der Waals surface area (Å²) in [5, 5.41) is 15.9. The fourth-order valence-corrected chi connectivity index (χ4v) is 2.92. The maximum Gasteiger partial charge on any atom is 0.238 e. The van der Waals surface area contributed by atoms with Crippen LogP contribution in [-0.4, -0.2) is 23.3 Å². The first-order valence-corrected chi connectivity index (χ1v) is 8.83. The van der Waals surface area contributed by atoms with Gasteiger partial charge in [-0.15, -0.1) is 0 Å². The second-order valence-electron chi connectivity index (χ2n) is 5.20. The maximum atomic E-state index is 11.2. The number of aryl methyl sites for hydroxylation is 1. The number of primary sulfonamides is 1. The highest BCUT2D eigenvalue weighted by Crippen LogP contribution is 2.17. The zero-order valence-corrected chi connectivity index (χ0v) is 14.7. The summed E-state index contributed by atoms with van der Waals surface area (Å²) in [7, 11) is -1.81. The number of anilines is 1. The van der Waals surface area contributed by atoms with E-state index in [1.807, 2.05) is 20.9 Å². The molecule has 0 bridgehead atoms. The molecule has 23 heavy (non-hydrogen) atoms. The van der Waals surface area contributed by atoms with E-state index in [1.54, 1.807) is 23.0 Å². The Balaban J connectivity index is 2.01. The molecule has 0 radical (unpaired) electrons. The third kappa shape index (κ3) is 4.27. The molecule has 9 heteroatoms. The molecule has 124 valence electrons. The highest BCUT2D eigenvalue weighted by Gasteiger charge is 2.13. The molecular formula is C14H19N5O2S2. The normalized spacial score (nSPS) is 12.7. The van der Waals surface area contributed by atoms with E-state index >= 15 is 0 Å². The number of nitrogens with one attached hydrogen (secondary N) is 2. The first-order chi connectivity index (χ1) is 10.7. The van der Waals surface area contributed by atoms with Crippen LogP contribution in [0.1, 0.15) is 24.2 Å². The molecule has 7 nitrogen and oxygen atoms in total. The summed E-state index contributed by atoms with van der Waals surface area (Å²) in [6.45, 7) is 3.98. The van der Waals surface area contributed by atoms with Crippen LogP contribution in [0.25, 0.3) is 0 Å². The SMILES string of the molecule is Cc1c(C(C)NC(=S)Nc2ccc(S(N)(=O)=O)cc2)cnn1C. The molecule has 1 aromatic heterocycles. The molecular weight excluding hydrogens is 334 g/mol. The number of hydrogen-bond donors (Lipinski definition) is 3. The van der Waals surface area contributed by atoms with E-state index in [1.165, 1.54) is 12.1 Å². The Morgan fingerprint density at radius 2 is 1.96 bits per heavy atom. The van der Waals surface area contributed by atoms with Gasteiger partial charge in [0.05, 0.1) is 17.1 Å². The Morgan fingerprint density at radius 3 is 2.43 bits per heavy atom. The van der Waals surface area contributed by atoms with Crippen molar-refractivity contribution in [3.8, 4) is 0 Å². The lowest BCUT2D eigenvalue weighted by Gasteiger charge is -2.17. The molecule has 0 aliphatic carbocycles. The van der Waals surface area contributed by atoms with Crippen molar-refractivity contribution < 1.29 is 8.42 Å². The van der Waals surface area contributed by atoms with Crippen LogP contribution in [0.5, 0.6) is 0 Å². The number of nitrogens with zero attached hydrogens (tertiary/aromatic N) is 2. The van der Waals surface area contributed by atoms with E-state index in [0.717, 1.165) is 11.3 Å². The summed E-state index contributed by atoms with van der Waals surface area (Å²) < 4.78 is 24.2. The fraction of sp³-hybridized carbons (Fsp3) is 0.286. The lowest BCUT2D eigenvalue weighted by Crippen LogP contribution is -2.31. The van der Waals surface area contributed by atoms with Crippen molar-refractivity contribution in [3.63, 3.8) is 0 Å². The van der Waals surface area contributed by atoms with E-state index < -0.39 is 10.0 Å². The predicted octanol–water partition coefficient (Wildman–Crippen LogP) is 1.42. The van der Waals surface area contributed by atoms with Crippen molar-refractivity contribution in [2.45, 2.75) is 24.8 Å². The van der Waals surface area contributed by atoms with Gasteiger partial charge in [0.2, 0.25) is 10.0 Å². The van der Waals surface area contributed by atoms with E-state index in [9.17, 15) is 8.42 Å². The largest absolute Gasteiger partial charge is 0.356 e. The molecule has 0 aliphatic rings. The van der Waals surface area contributed by atoms with Crippen molar-refractivity contribution in [1.29, 1.82) is 0 Å². The van der Waals surface area contributed by atoms with E-state index in [0.29, 0.717) is 10.8 Å². The summed E-state index contributed by atoms with van der Waals surface area (Å²) >= 11 is 5.28. The highest BCUT2D eigenvalue weighted by molar-refractivity contribution is 7.89. The van der Waals surface area contributed by atoms with Gasteiger partial charge in [-0.2, -0.15) is 5.10 Å². The van der Waals surface area contributed by atoms with Gasteiger partial charge in [-0.1, -0.05) is 0 Å². The van der Waals surface area contributed by atoms with Crippen LogP contribution in [0.3, 0.4) is 0 Å². The Kier molecular flexibility index (Phi) is 5.03. The molecule has 2 rings (SSSR count). The third-order valence-corrected chi connectivity index (χ3v) is 4.68. The minimum Gasteiger partial charge on any atom is -0.356 e. The van der Waals surface area contributed by atoms with Gasteiger partial charge in [-0.3, -0.25) is 4.68 Å². The van der Waals surface area contributed by atoms with Gasteiger partial charge in [0, 0.05) is 24.0 Å². The third-order valence-electron chi connectivity index (χ3n) is 3.53. The smallest absolute Gasteiger partial charge is 0.238 e. The van der Waals surface area contributed by atoms with Crippen molar-refractivity contribution in [2.75, 3.05) is 5.32 Å². The first-order valence-electron chi connectivity index (χ1n) is 6.87. The van der Waals surface area contributed by atoms with Gasteiger partial charge in [-0.05, 0) is 50.3 Å². The minimum absolute atomic E-state index is 0.00704. The van der Waals surface area contributed by atoms with E-state index in [4.69, 9.17) is 17.4 Å². The van der Waals surface area contributed by atoms with Crippen LogP contribution in [0.15, 0.2) is 35.4 Å². The van der Waals surface area contributed by atoms with Gasteiger partial charge >= 0.3 is 0 Å². The summed E-state index contributed by atoms with van der Waals surface area (Å²) in [5.41, 5.74) is 2.79. The standard InChI is InChI=1S/C14H19N5O2S2/c1-9(13-8-16-19(3)10(13)2)17-14(22)18-11-4-6-12(7-5-11)23(15,20)21/h4-9H,1-3H3,(H2,15,20,21)(H2,17,18,22). The lowest BCUT2D eigenvalue weighted by molar-refractivity contribution is 0.598. The second kappa shape index (κ2) is 6.65. The average Bonchev–Trinajstić information content (AvgIpc) is 2.78. The van der Waals surface area contributed by atoms with Crippen LogP contribution in [-0.2, 0) is 17.1 Å². The number of aromatic nitrogens is 2. The summed E-state index contributed by atoms with van der Waals surface area (Å²) in [6.07, 6.45) is 1.80. The monoisotopic (exact) mass is 353 g/mol.